The quantitative estimate of drug-likeness (QED) is 0.656. The summed E-state index contributed by atoms with van der Waals surface area (Å²) in [5, 5.41) is 6.09. The van der Waals surface area contributed by atoms with Crippen LogP contribution in [0.4, 0.5) is 11.4 Å². The fourth-order valence-corrected chi connectivity index (χ4v) is 2.47. The third-order valence-corrected chi connectivity index (χ3v) is 3.88. The first-order chi connectivity index (χ1) is 13.1. The molecule has 0 spiro atoms. The number of amides is 2. The van der Waals surface area contributed by atoms with E-state index in [-0.39, 0.29) is 18.4 Å². The van der Waals surface area contributed by atoms with E-state index in [0.717, 1.165) is 0 Å². The first kappa shape index (κ1) is 18.5. The molecule has 0 saturated carbocycles. The normalized spacial score (nSPS) is 10.1. The van der Waals surface area contributed by atoms with Crippen molar-refractivity contribution in [2.24, 2.45) is 0 Å². The molecule has 0 aliphatic rings. The molecule has 2 amide bonds. The minimum absolute atomic E-state index is 0.106. The van der Waals surface area contributed by atoms with Crippen molar-refractivity contribution < 1.29 is 14.3 Å². The van der Waals surface area contributed by atoms with Crippen LogP contribution in [0.1, 0.15) is 10.4 Å². The molecule has 136 valence electrons. The molecule has 5 nitrogen and oxygen atoms in total. The van der Waals surface area contributed by atoms with Crippen molar-refractivity contribution in [2.75, 3.05) is 17.2 Å². The van der Waals surface area contributed by atoms with Crippen LogP contribution in [0.3, 0.4) is 0 Å². The van der Waals surface area contributed by atoms with E-state index in [1.165, 1.54) is 0 Å². The highest BCUT2D eigenvalue weighted by Gasteiger charge is 2.08. The van der Waals surface area contributed by atoms with Gasteiger partial charge in [0, 0.05) is 22.0 Å². The van der Waals surface area contributed by atoms with Gasteiger partial charge in [-0.1, -0.05) is 35.9 Å². The predicted octanol–water partition coefficient (Wildman–Crippen LogP) is 4.61. The Bertz CT molecular complexity index is 928. The average Bonchev–Trinajstić information content (AvgIpc) is 2.68. The molecule has 2 N–H and O–H groups in total. The van der Waals surface area contributed by atoms with Gasteiger partial charge >= 0.3 is 0 Å². The zero-order valence-electron chi connectivity index (χ0n) is 14.3. The molecule has 0 unspecified atom stereocenters. The summed E-state index contributed by atoms with van der Waals surface area (Å²) in [7, 11) is 0. The standard InChI is InChI=1S/C21H17ClN2O3/c22-16-11-9-15(10-12-16)21(26)24-18-6-4-5-17(13-18)23-20(25)14-27-19-7-2-1-3-8-19/h1-13H,14H2,(H,23,25)(H,24,26). The summed E-state index contributed by atoms with van der Waals surface area (Å²) in [6.45, 7) is -0.106. The van der Waals surface area contributed by atoms with Gasteiger partial charge in [0.2, 0.25) is 0 Å². The van der Waals surface area contributed by atoms with Crippen molar-refractivity contribution in [3.05, 3.63) is 89.4 Å². The van der Waals surface area contributed by atoms with Crippen LogP contribution in [-0.2, 0) is 4.79 Å². The molecule has 27 heavy (non-hydrogen) atoms. The van der Waals surface area contributed by atoms with Gasteiger partial charge in [0.05, 0.1) is 0 Å². The zero-order chi connectivity index (χ0) is 19.1. The lowest BCUT2D eigenvalue weighted by molar-refractivity contribution is -0.118. The van der Waals surface area contributed by atoms with E-state index in [4.69, 9.17) is 16.3 Å². The van der Waals surface area contributed by atoms with Crippen molar-refractivity contribution in [3.8, 4) is 5.75 Å². The van der Waals surface area contributed by atoms with Crippen LogP contribution in [0.25, 0.3) is 0 Å². The van der Waals surface area contributed by atoms with Gasteiger partial charge < -0.3 is 15.4 Å². The number of benzene rings is 3. The molecule has 6 heteroatoms. The molecule has 0 saturated heterocycles. The van der Waals surface area contributed by atoms with Gasteiger partial charge in [-0.3, -0.25) is 9.59 Å². The number of carbonyl (C=O) groups excluding carboxylic acids is 2. The van der Waals surface area contributed by atoms with Crippen LogP contribution in [0, 0.1) is 0 Å². The number of ether oxygens (including phenoxy) is 1. The Labute approximate surface area is 161 Å². The fourth-order valence-electron chi connectivity index (χ4n) is 2.34. The lowest BCUT2D eigenvalue weighted by atomic mass is 10.2. The summed E-state index contributed by atoms with van der Waals surface area (Å²) in [6.07, 6.45) is 0. The van der Waals surface area contributed by atoms with Crippen LogP contribution in [0.15, 0.2) is 78.9 Å². The molecule has 0 aliphatic carbocycles. The molecule has 3 rings (SSSR count). The van der Waals surface area contributed by atoms with Crippen molar-refractivity contribution >= 4 is 34.8 Å². The Balaban J connectivity index is 1.57. The van der Waals surface area contributed by atoms with Crippen LogP contribution in [0.2, 0.25) is 5.02 Å². The number of nitrogens with one attached hydrogen (secondary N) is 2. The number of carbonyl (C=O) groups is 2. The van der Waals surface area contributed by atoms with Crippen molar-refractivity contribution in [3.63, 3.8) is 0 Å². The smallest absolute Gasteiger partial charge is 0.262 e. The zero-order valence-corrected chi connectivity index (χ0v) is 15.1. The van der Waals surface area contributed by atoms with Crippen LogP contribution < -0.4 is 15.4 Å². The molecule has 0 radical (unpaired) electrons. The highest BCUT2D eigenvalue weighted by molar-refractivity contribution is 6.30. The first-order valence-corrected chi connectivity index (χ1v) is 8.62. The van der Waals surface area contributed by atoms with Gasteiger partial charge in [0.25, 0.3) is 11.8 Å². The maximum atomic E-state index is 12.3. The Kier molecular flexibility index (Phi) is 6.07. The molecule has 3 aromatic carbocycles. The van der Waals surface area contributed by atoms with E-state index < -0.39 is 0 Å². The van der Waals surface area contributed by atoms with E-state index in [2.05, 4.69) is 10.6 Å². The monoisotopic (exact) mass is 380 g/mol. The number of halogens is 1. The Morgan fingerprint density at radius 3 is 2.19 bits per heavy atom. The molecule has 3 aromatic rings. The van der Waals surface area contributed by atoms with Crippen LogP contribution in [-0.4, -0.2) is 18.4 Å². The lowest BCUT2D eigenvalue weighted by Gasteiger charge is -2.10. The second-order valence-electron chi connectivity index (χ2n) is 5.69. The fraction of sp³-hybridized carbons (Fsp3) is 0.0476. The predicted molar refractivity (Wildman–Crippen MR) is 106 cm³/mol. The van der Waals surface area contributed by atoms with Crippen molar-refractivity contribution in [1.29, 1.82) is 0 Å². The highest BCUT2D eigenvalue weighted by atomic mass is 35.5. The number of para-hydroxylation sites is 1. The molecular formula is C21H17ClN2O3. The van der Waals surface area contributed by atoms with E-state index >= 15 is 0 Å². The van der Waals surface area contributed by atoms with E-state index in [9.17, 15) is 9.59 Å². The minimum atomic E-state index is -0.292. The number of rotatable bonds is 6. The van der Waals surface area contributed by atoms with Crippen LogP contribution >= 0.6 is 11.6 Å². The third kappa shape index (κ3) is 5.59. The Morgan fingerprint density at radius 1 is 0.815 bits per heavy atom. The molecule has 0 atom stereocenters. The minimum Gasteiger partial charge on any atom is -0.484 e. The van der Waals surface area contributed by atoms with Crippen LogP contribution in [0.5, 0.6) is 5.75 Å². The van der Waals surface area contributed by atoms with Gasteiger partial charge in [-0.05, 0) is 54.6 Å². The summed E-state index contributed by atoms with van der Waals surface area (Å²) in [5.74, 6) is 0.0687. The van der Waals surface area contributed by atoms with Gasteiger partial charge in [-0.15, -0.1) is 0 Å². The Morgan fingerprint density at radius 2 is 1.48 bits per heavy atom. The number of anilines is 2. The lowest BCUT2D eigenvalue weighted by Crippen LogP contribution is -2.20. The maximum absolute atomic E-state index is 12.3. The maximum Gasteiger partial charge on any atom is 0.262 e. The van der Waals surface area contributed by atoms with Crippen molar-refractivity contribution in [2.45, 2.75) is 0 Å². The number of hydrogen-bond acceptors (Lipinski definition) is 3. The second kappa shape index (κ2) is 8.87. The summed E-state index contributed by atoms with van der Waals surface area (Å²) >= 11 is 5.83. The number of hydrogen-bond donors (Lipinski definition) is 2. The molecule has 0 bridgehead atoms. The largest absolute Gasteiger partial charge is 0.484 e. The molecule has 0 heterocycles. The molecule has 0 aromatic heterocycles. The molecule has 0 aliphatic heterocycles. The van der Waals surface area contributed by atoms with E-state index in [1.807, 2.05) is 18.2 Å². The van der Waals surface area contributed by atoms with Gasteiger partial charge in [0.15, 0.2) is 6.61 Å². The van der Waals surface area contributed by atoms with Gasteiger partial charge in [-0.2, -0.15) is 0 Å². The van der Waals surface area contributed by atoms with E-state index in [0.29, 0.717) is 27.7 Å². The summed E-state index contributed by atoms with van der Waals surface area (Å²) in [4.78, 5) is 24.3. The summed E-state index contributed by atoms with van der Waals surface area (Å²) in [6, 6.07) is 22.6. The Hall–Kier alpha value is -3.31. The topological polar surface area (TPSA) is 67.4 Å². The third-order valence-electron chi connectivity index (χ3n) is 3.62. The first-order valence-electron chi connectivity index (χ1n) is 8.25. The van der Waals surface area contributed by atoms with Gasteiger partial charge in [-0.25, -0.2) is 0 Å². The highest BCUT2D eigenvalue weighted by Crippen LogP contribution is 2.17. The summed E-state index contributed by atoms with van der Waals surface area (Å²) < 4.78 is 5.41. The van der Waals surface area contributed by atoms with Crippen molar-refractivity contribution in [1.82, 2.24) is 0 Å². The SMILES string of the molecule is O=C(COc1ccccc1)Nc1cccc(NC(=O)c2ccc(Cl)cc2)c1. The second-order valence-corrected chi connectivity index (χ2v) is 6.13. The molecular weight excluding hydrogens is 364 g/mol. The average molecular weight is 381 g/mol. The molecule has 0 fully saturated rings. The van der Waals surface area contributed by atoms with E-state index in [1.54, 1.807) is 60.7 Å². The van der Waals surface area contributed by atoms with Gasteiger partial charge in [0.1, 0.15) is 5.75 Å². The summed E-state index contributed by atoms with van der Waals surface area (Å²) in [5.41, 5.74) is 1.62.